The molecule has 0 spiro atoms. The van der Waals surface area contributed by atoms with Crippen LogP contribution in [-0.4, -0.2) is 78.4 Å². The van der Waals surface area contributed by atoms with E-state index in [-0.39, 0.29) is 24.4 Å². The molecule has 1 aromatic heterocycles. The molecule has 0 unspecified atom stereocenters. The molecule has 2 aliphatic heterocycles. The molecule has 8 heteroatoms. The van der Waals surface area contributed by atoms with Gasteiger partial charge in [0, 0.05) is 44.1 Å². The smallest absolute Gasteiger partial charge is 0.317 e. The Bertz CT molecular complexity index is 646. The highest BCUT2D eigenvalue weighted by Gasteiger charge is 2.26. The Labute approximate surface area is 151 Å². The van der Waals surface area contributed by atoms with E-state index in [1.54, 1.807) is 14.7 Å². The second kappa shape index (κ2) is 7.86. The topological polar surface area (TPSA) is 73.0 Å². The molecule has 3 rings (SSSR count). The average Bonchev–Trinajstić information content (AvgIpc) is 3.30. The maximum atomic E-state index is 12.4. The summed E-state index contributed by atoms with van der Waals surface area (Å²) < 4.78 is 0. The monoisotopic (exact) mass is 364 g/mol. The number of hydrogen-bond donors (Lipinski definition) is 1. The van der Waals surface area contributed by atoms with E-state index in [0.29, 0.717) is 26.2 Å². The quantitative estimate of drug-likeness (QED) is 0.874. The molecule has 7 nitrogen and oxygen atoms in total. The van der Waals surface area contributed by atoms with Crippen LogP contribution in [0.25, 0.3) is 0 Å². The summed E-state index contributed by atoms with van der Waals surface area (Å²) >= 11 is 1.49. The molecule has 0 atom stereocenters. The van der Waals surface area contributed by atoms with Gasteiger partial charge in [0.1, 0.15) is 0 Å². The zero-order valence-electron chi connectivity index (χ0n) is 14.5. The van der Waals surface area contributed by atoms with Crippen LogP contribution in [0.1, 0.15) is 27.4 Å². The van der Waals surface area contributed by atoms with Crippen molar-refractivity contribution in [3.63, 3.8) is 0 Å². The Hall–Kier alpha value is -2.09. The van der Waals surface area contributed by atoms with E-state index in [1.807, 2.05) is 19.1 Å². The highest BCUT2D eigenvalue weighted by atomic mass is 32.1. The summed E-state index contributed by atoms with van der Waals surface area (Å²) in [5.41, 5.74) is 0. The van der Waals surface area contributed by atoms with Crippen LogP contribution >= 0.6 is 11.3 Å². The van der Waals surface area contributed by atoms with Crippen LogP contribution in [0, 0.1) is 6.92 Å². The molecule has 4 amide bonds. The standard InChI is InChI=1S/C17H24N4O3S/c1-13-4-5-14(25-13)16(23)20-8-10-21(11-9-20)17(24)18-12-15(22)19-6-2-3-7-19/h4-5H,2-3,6-12H2,1H3,(H,18,24). The lowest BCUT2D eigenvalue weighted by molar-refractivity contribution is -0.129. The average molecular weight is 364 g/mol. The van der Waals surface area contributed by atoms with Gasteiger partial charge < -0.3 is 20.0 Å². The van der Waals surface area contributed by atoms with Crippen molar-refractivity contribution < 1.29 is 14.4 Å². The predicted molar refractivity (Wildman–Crippen MR) is 95.7 cm³/mol. The third kappa shape index (κ3) is 4.31. The van der Waals surface area contributed by atoms with Crippen LogP contribution in [0.15, 0.2) is 12.1 Å². The van der Waals surface area contributed by atoms with Gasteiger partial charge in [-0.2, -0.15) is 0 Å². The maximum Gasteiger partial charge on any atom is 0.317 e. The number of likely N-dealkylation sites (tertiary alicyclic amines) is 1. The maximum absolute atomic E-state index is 12.4. The first-order valence-electron chi connectivity index (χ1n) is 8.71. The Morgan fingerprint density at radius 2 is 1.60 bits per heavy atom. The van der Waals surface area contributed by atoms with Crippen LogP contribution in [-0.2, 0) is 4.79 Å². The fourth-order valence-corrected chi connectivity index (χ4v) is 3.99. The van der Waals surface area contributed by atoms with E-state index >= 15 is 0 Å². The first-order valence-corrected chi connectivity index (χ1v) is 9.52. The third-order valence-electron chi connectivity index (χ3n) is 4.65. The minimum atomic E-state index is -0.230. The summed E-state index contributed by atoms with van der Waals surface area (Å²) in [6.45, 7) is 5.61. The fourth-order valence-electron chi connectivity index (χ4n) is 3.16. The number of amides is 4. The summed E-state index contributed by atoms with van der Waals surface area (Å²) in [4.78, 5) is 43.7. The lowest BCUT2D eigenvalue weighted by atomic mass is 10.3. The summed E-state index contributed by atoms with van der Waals surface area (Å²) in [6, 6.07) is 3.57. The predicted octanol–water partition coefficient (Wildman–Crippen LogP) is 1.15. The molecule has 2 fully saturated rings. The van der Waals surface area contributed by atoms with Crippen LogP contribution in [0.3, 0.4) is 0 Å². The van der Waals surface area contributed by atoms with Crippen LogP contribution in [0.5, 0.6) is 0 Å². The van der Waals surface area contributed by atoms with Gasteiger partial charge in [-0.15, -0.1) is 11.3 Å². The minimum absolute atomic E-state index is 0.0206. The first-order chi connectivity index (χ1) is 12.0. The largest absolute Gasteiger partial charge is 0.341 e. The van der Waals surface area contributed by atoms with Crippen molar-refractivity contribution in [2.75, 3.05) is 45.8 Å². The van der Waals surface area contributed by atoms with Crippen molar-refractivity contribution in [3.8, 4) is 0 Å². The number of aryl methyl sites for hydroxylation is 1. The van der Waals surface area contributed by atoms with Gasteiger partial charge in [0.05, 0.1) is 11.4 Å². The molecule has 2 saturated heterocycles. The van der Waals surface area contributed by atoms with Gasteiger partial charge in [-0.05, 0) is 31.9 Å². The number of urea groups is 1. The van der Waals surface area contributed by atoms with Crippen molar-refractivity contribution in [1.29, 1.82) is 0 Å². The molecule has 1 N–H and O–H groups in total. The van der Waals surface area contributed by atoms with Crippen molar-refractivity contribution in [2.24, 2.45) is 0 Å². The van der Waals surface area contributed by atoms with Gasteiger partial charge >= 0.3 is 6.03 Å². The Kier molecular flexibility index (Phi) is 5.57. The number of nitrogens with zero attached hydrogens (tertiary/aromatic N) is 3. The highest BCUT2D eigenvalue weighted by molar-refractivity contribution is 7.13. The molecule has 25 heavy (non-hydrogen) atoms. The minimum Gasteiger partial charge on any atom is -0.341 e. The van der Waals surface area contributed by atoms with Gasteiger partial charge in [-0.3, -0.25) is 9.59 Å². The number of carbonyl (C=O) groups excluding carboxylic acids is 3. The van der Waals surface area contributed by atoms with Crippen molar-refractivity contribution >= 4 is 29.2 Å². The molecule has 0 aliphatic carbocycles. The van der Waals surface area contributed by atoms with Crippen LogP contribution in [0.4, 0.5) is 4.79 Å². The molecule has 136 valence electrons. The number of nitrogens with one attached hydrogen (secondary N) is 1. The molecule has 0 radical (unpaired) electrons. The summed E-state index contributed by atoms with van der Waals surface area (Å²) in [7, 11) is 0. The van der Waals surface area contributed by atoms with E-state index in [4.69, 9.17) is 0 Å². The number of rotatable bonds is 3. The molecule has 0 aromatic carbocycles. The summed E-state index contributed by atoms with van der Waals surface area (Å²) in [5, 5.41) is 2.70. The van der Waals surface area contributed by atoms with Crippen molar-refractivity contribution in [2.45, 2.75) is 19.8 Å². The summed E-state index contributed by atoms with van der Waals surface area (Å²) in [5.74, 6) is 0.00935. The third-order valence-corrected chi connectivity index (χ3v) is 5.64. The number of carbonyl (C=O) groups is 3. The van der Waals surface area contributed by atoms with E-state index < -0.39 is 0 Å². The molecule has 0 bridgehead atoms. The molecular weight excluding hydrogens is 340 g/mol. The van der Waals surface area contributed by atoms with E-state index in [2.05, 4.69) is 5.32 Å². The molecule has 1 aromatic rings. The normalized spacial score (nSPS) is 17.7. The summed E-state index contributed by atoms with van der Waals surface area (Å²) in [6.07, 6.45) is 2.08. The number of thiophene rings is 1. The SMILES string of the molecule is Cc1ccc(C(=O)N2CCN(C(=O)NCC(=O)N3CCCC3)CC2)s1. The van der Waals surface area contributed by atoms with Gasteiger partial charge in [0.2, 0.25) is 5.91 Å². The first kappa shape index (κ1) is 17.7. The second-order valence-electron chi connectivity index (χ2n) is 6.44. The van der Waals surface area contributed by atoms with Crippen LogP contribution in [0.2, 0.25) is 0 Å². The number of piperazine rings is 1. The van der Waals surface area contributed by atoms with Gasteiger partial charge in [0.15, 0.2) is 0 Å². The molecule has 0 saturated carbocycles. The molecule has 3 heterocycles. The van der Waals surface area contributed by atoms with Crippen molar-refractivity contribution in [1.82, 2.24) is 20.0 Å². The molecular formula is C17H24N4O3S. The van der Waals surface area contributed by atoms with E-state index in [0.717, 1.165) is 35.7 Å². The van der Waals surface area contributed by atoms with E-state index in [9.17, 15) is 14.4 Å². The van der Waals surface area contributed by atoms with Gasteiger partial charge in [-0.1, -0.05) is 0 Å². The Morgan fingerprint density at radius 3 is 2.20 bits per heavy atom. The second-order valence-corrected chi connectivity index (χ2v) is 7.72. The van der Waals surface area contributed by atoms with E-state index in [1.165, 1.54) is 11.3 Å². The zero-order chi connectivity index (χ0) is 17.8. The highest BCUT2D eigenvalue weighted by Crippen LogP contribution is 2.18. The Morgan fingerprint density at radius 1 is 0.960 bits per heavy atom. The van der Waals surface area contributed by atoms with Gasteiger partial charge in [-0.25, -0.2) is 4.79 Å². The zero-order valence-corrected chi connectivity index (χ0v) is 15.3. The lowest BCUT2D eigenvalue weighted by Gasteiger charge is -2.34. The lowest BCUT2D eigenvalue weighted by Crippen LogP contribution is -2.54. The number of hydrogen-bond acceptors (Lipinski definition) is 4. The van der Waals surface area contributed by atoms with Gasteiger partial charge in [0.25, 0.3) is 5.91 Å². The molecule has 2 aliphatic rings. The Balaban J connectivity index is 1.42. The van der Waals surface area contributed by atoms with Crippen LogP contribution < -0.4 is 5.32 Å². The fraction of sp³-hybridized carbons (Fsp3) is 0.588. The van der Waals surface area contributed by atoms with Crippen molar-refractivity contribution in [3.05, 3.63) is 21.9 Å².